The lowest BCUT2D eigenvalue weighted by molar-refractivity contribution is 0.0559. The largest absolute Gasteiger partial charge is 0.392 e. The number of piperidine rings is 1. The Kier molecular flexibility index (Phi) is 3.16. The van der Waals surface area contributed by atoms with Crippen LogP contribution in [0.2, 0.25) is 0 Å². The van der Waals surface area contributed by atoms with Crippen molar-refractivity contribution in [3.05, 3.63) is 0 Å². The van der Waals surface area contributed by atoms with Crippen molar-refractivity contribution in [2.75, 3.05) is 13.1 Å². The molecule has 66 valence electrons. The van der Waals surface area contributed by atoms with Crippen LogP contribution in [0.4, 0.5) is 0 Å². The zero-order chi connectivity index (χ0) is 6.97. The molecule has 2 rings (SSSR count). The number of nitrogens with zero attached hydrogens (tertiary/aromatic N) is 1. The monoisotopic (exact) mass is 177 g/mol. The van der Waals surface area contributed by atoms with Gasteiger partial charge in [0.1, 0.15) is 0 Å². The summed E-state index contributed by atoms with van der Waals surface area (Å²) in [6.45, 7) is 2.16. The second-order valence-electron chi connectivity index (χ2n) is 3.52. The van der Waals surface area contributed by atoms with E-state index in [1.807, 2.05) is 0 Å². The maximum absolute atomic E-state index is 9.31. The Balaban J connectivity index is 0.000000605. The highest BCUT2D eigenvalue weighted by molar-refractivity contribution is 5.85. The lowest BCUT2D eigenvalue weighted by atomic mass is 10.0. The van der Waals surface area contributed by atoms with E-state index in [1.54, 1.807) is 0 Å². The quantitative estimate of drug-likeness (QED) is 0.598. The Bertz CT molecular complexity index is 131. The molecule has 0 aromatic heterocycles. The van der Waals surface area contributed by atoms with Gasteiger partial charge in [-0.2, -0.15) is 0 Å². The summed E-state index contributed by atoms with van der Waals surface area (Å²) < 4.78 is 0. The van der Waals surface area contributed by atoms with Crippen molar-refractivity contribution >= 4 is 12.4 Å². The molecular weight excluding hydrogens is 162 g/mol. The van der Waals surface area contributed by atoms with Crippen LogP contribution in [0, 0.1) is 0 Å². The van der Waals surface area contributed by atoms with Crippen molar-refractivity contribution in [2.24, 2.45) is 0 Å². The summed E-state index contributed by atoms with van der Waals surface area (Å²) >= 11 is 0. The fourth-order valence-electron chi connectivity index (χ4n) is 2.21. The molecule has 0 saturated carbocycles. The van der Waals surface area contributed by atoms with Crippen LogP contribution in [0.1, 0.15) is 25.7 Å². The van der Waals surface area contributed by atoms with Crippen molar-refractivity contribution in [3.63, 3.8) is 0 Å². The SMILES string of the molecule is Cl.O[C@H]1CC[C@@H]2CCCN2C1. The summed E-state index contributed by atoms with van der Waals surface area (Å²) in [5.74, 6) is 0. The van der Waals surface area contributed by atoms with Gasteiger partial charge >= 0.3 is 0 Å². The van der Waals surface area contributed by atoms with Crippen LogP contribution in [-0.4, -0.2) is 35.2 Å². The highest BCUT2D eigenvalue weighted by Crippen LogP contribution is 2.26. The first-order chi connectivity index (χ1) is 4.86. The highest BCUT2D eigenvalue weighted by atomic mass is 35.5. The van der Waals surface area contributed by atoms with E-state index >= 15 is 0 Å². The van der Waals surface area contributed by atoms with Crippen LogP contribution in [0.15, 0.2) is 0 Å². The molecular formula is C8H16ClNO. The van der Waals surface area contributed by atoms with Crippen LogP contribution in [0.25, 0.3) is 0 Å². The predicted molar refractivity (Wildman–Crippen MR) is 47.1 cm³/mol. The van der Waals surface area contributed by atoms with Crippen molar-refractivity contribution in [1.29, 1.82) is 0 Å². The molecule has 11 heavy (non-hydrogen) atoms. The van der Waals surface area contributed by atoms with Crippen LogP contribution in [0.3, 0.4) is 0 Å². The molecule has 2 saturated heterocycles. The van der Waals surface area contributed by atoms with Gasteiger partial charge in [-0.3, -0.25) is 4.90 Å². The van der Waals surface area contributed by atoms with Crippen LogP contribution >= 0.6 is 12.4 Å². The standard InChI is InChI=1S/C8H15NO.ClH/c10-8-4-3-7-2-1-5-9(7)6-8;/h7-8,10H,1-6H2;1H/t7-,8-;/m0./s1. The molecule has 0 aliphatic carbocycles. The summed E-state index contributed by atoms with van der Waals surface area (Å²) in [7, 11) is 0. The third-order valence-electron chi connectivity index (χ3n) is 2.78. The summed E-state index contributed by atoms with van der Waals surface area (Å²) in [6.07, 6.45) is 4.93. The van der Waals surface area contributed by atoms with Gasteiger partial charge in [0.05, 0.1) is 6.10 Å². The van der Waals surface area contributed by atoms with Gasteiger partial charge in [0.25, 0.3) is 0 Å². The van der Waals surface area contributed by atoms with E-state index in [0.29, 0.717) is 0 Å². The fourth-order valence-corrected chi connectivity index (χ4v) is 2.21. The number of hydrogen-bond donors (Lipinski definition) is 1. The first-order valence-electron chi connectivity index (χ1n) is 4.28. The molecule has 3 heteroatoms. The molecule has 2 aliphatic heterocycles. The van der Waals surface area contributed by atoms with Gasteiger partial charge in [-0.15, -0.1) is 12.4 Å². The number of hydrogen-bond acceptors (Lipinski definition) is 2. The maximum Gasteiger partial charge on any atom is 0.0667 e. The Morgan fingerprint density at radius 3 is 2.82 bits per heavy atom. The Morgan fingerprint density at radius 2 is 2.00 bits per heavy atom. The van der Waals surface area contributed by atoms with Crippen LogP contribution in [0.5, 0.6) is 0 Å². The average Bonchev–Trinajstić information content (AvgIpc) is 2.33. The normalized spacial score (nSPS) is 37.9. The van der Waals surface area contributed by atoms with Gasteiger partial charge in [-0.1, -0.05) is 0 Å². The molecule has 0 unspecified atom stereocenters. The van der Waals surface area contributed by atoms with Crippen molar-refractivity contribution in [1.82, 2.24) is 4.90 Å². The average molecular weight is 178 g/mol. The third-order valence-corrected chi connectivity index (χ3v) is 2.78. The van der Waals surface area contributed by atoms with E-state index in [1.165, 1.54) is 25.8 Å². The molecule has 1 N–H and O–H groups in total. The molecule has 2 heterocycles. The fraction of sp³-hybridized carbons (Fsp3) is 1.00. The van der Waals surface area contributed by atoms with Gasteiger partial charge in [0, 0.05) is 12.6 Å². The zero-order valence-electron chi connectivity index (χ0n) is 6.70. The van der Waals surface area contributed by atoms with Gasteiger partial charge in [0.2, 0.25) is 0 Å². The van der Waals surface area contributed by atoms with E-state index < -0.39 is 0 Å². The molecule has 2 aliphatic rings. The van der Waals surface area contributed by atoms with Gasteiger partial charge in [-0.25, -0.2) is 0 Å². The molecule has 2 atom stereocenters. The molecule has 0 spiro atoms. The van der Waals surface area contributed by atoms with Crippen LogP contribution < -0.4 is 0 Å². The maximum atomic E-state index is 9.31. The number of rotatable bonds is 0. The van der Waals surface area contributed by atoms with Crippen molar-refractivity contribution < 1.29 is 5.11 Å². The molecule has 0 radical (unpaired) electrons. The van der Waals surface area contributed by atoms with Crippen molar-refractivity contribution in [3.8, 4) is 0 Å². The first kappa shape index (κ1) is 9.30. The summed E-state index contributed by atoms with van der Waals surface area (Å²) in [6, 6.07) is 0.823. The van der Waals surface area contributed by atoms with E-state index in [-0.39, 0.29) is 18.5 Å². The molecule has 0 bridgehead atoms. The van der Waals surface area contributed by atoms with E-state index in [0.717, 1.165) is 19.0 Å². The lowest BCUT2D eigenvalue weighted by Crippen LogP contribution is -2.41. The van der Waals surface area contributed by atoms with Gasteiger partial charge < -0.3 is 5.11 Å². The molecule has 0 amide bonds. The number of aliphatic hydroxyl groups excluding tert-OH is 1. The second-order valence-corrected chi connectivity index (χ2v) is 3.52. The second kappa shape index (κ2) is 3.74. The Labute approximate surface area is 74.0 Å². The van der Waals surface area contributed by atoms with Crippen LogP contribution in [-0.2, 0) is 0 Å². The van der Waals surface area contributed by atoms with E-state index in [2.05, 4.69) is 4.90 Å². The van der Waals surface area contributed by atoms with Crippen molar-refractivity contribution in [2.45, 2.75) is 37.8 Å². The third kappa shape index (κ3) is 1.86. The smallest absolute Gasteiger partial charge is 0.0667 e. The van der Waals surface area contributed by atoms with Gasteiger partial charge in [-0.05, 0) is 32.2 Å². The minimum atomic E-state index is -0.0330. The molecule has 2 fully saturated rings. The topological polar surface area (TPSA) is 23.5 Å². The molecule has 2 nitrogen and oxygen atoms in total. The summed E-state index contributed by atoms with van der Waals surface area (Å²) in [4.78, 5) is 2.44. The van der Waals surface area contributed by atoms with E-state index in [9.17, 15) is 5.11 Å². The molecule has 0 aromatic rings. The van der Waals surface area contributed by atoms with E-state index in [4.69, 9.17) is 0 Å². The highest BCUT2D eigenvalue weighted by Gasteiger charge is 2.30. The number of fused-ring (bicyclic) bond motifs is 1. The minimum Gasteiger partial charge on any atom is -0.392 e. The summed E-state index contributed by atoms with van der Waals surface area (Å²) in [5, 5.41) is 9.31. The number of aliphatic hydroxyl groups is 1. The molecule has 0 aromatic carbocycles. The number of halogens is 1. The Morgan fingerprint density at radius 1 is 1.18 bits per heavy atom. The van der Waals surface area contributed by atoms with Gasteiger partial charge in [0.15, 0.2) is 0 Å². The lowest BCUT2D eigenvalue weighted by Gasteiger charge is -2.32. The Hall–Kier alpha value is 0.210. The minimum absolute atomic E-state index is 0. The predicted octanol–water partition coefficient (Wildman–Crippen LogP) is 1.03. The zero-order valence-corrected chi connectivity index (χ0v) is 7.52. The summed E-state index contributed by atoms with van der Waals surface area (Å²) in [5.41, 5.74) is 0. The first-order valence-corrected chi connectivity index (χ1v) is 4.28.